The van der Waals surface area contributed by atoms with Crippen LogP contribution in [0.5, 0.6) is 17.2 Å². The molecule has 0 heterocycles. The van der Waals surface area contributed by atoms with Gasteiger partial charge < -0.3 is 14.2 Å². The molecule has 0 unspecified atom stereocenters. The van der Waals surface area contributed by atoms with E-state index < -0.39 is 0 Å². The van der Waals surface area contributed by atoms with Crippen molar-refractivity contribution in [1.29, 1.82) is 0 Å². The molecule has 4 nitrogen and oxygen atoms in total. The number of Topliss-reactive ketones (excluding diaryl/α,β-unsaturated/α-hetero) is 1. The summed E-state index contributed by atoms with van der Waals surface area (Å²) in [5, 5.41) is 0. The quantitative estimate of drug-likeness (QED) is 0.777. The number of methoxy groups -OCH3 is 3. The van der Waals surface area contributed by atoms with Crippen LogP contribution < -0.4 is 14.2 Å². The van der Waals surface area contributed by atoms with E-state index in [1.165, 1.54) is 28.3 Å². The Morgan fingerprint density at radius 3 is 1.42 bits per heavy atom. The van der Waals surface area contributed by atoms with E-state index in [9.17, 15) is 4.79 Å². The van der Waals surface area contributed by atoms with Crippen molar-refractivity contribution in [2.24, 2.45) is 0 Å². The van der Waals surface area contributed by atoms with Gasteiger partial charge in [-0.05, 0) is 19.1 Å². The van der Waals surface area contributed by atoms with Crippen LogP contribution in [0.4, 0.5) is 0 Å². The molecule has 0 spiro atoms. The lowest BCUT2D eigenvalue weighted by molar-refractivity contribution is 0.101. The lowest BCUT2D eigenvalue weighted by Gasteiger charge is -2.12. The summed E-state index contributed by atoms with van der Waals surface area (Å²) in [5.74, 6) is 1.42. The normalized spacial score (nSPS) is 8.21. The number of carbonyl (C=O) groups excluding carboxylic acids is 1. The van der Waals surface area contributed by atoms with Gasteiger partial charge in [-0.15, -0.1) is 0 Å². The van der Waals surface area contributed by atoms with Crippen LogP contribution in [0.1, 0.15) is 45.0 Å². The Morgan fingerprint density at radius 1 is 0.842 bits per heavy atom. The summed E-state index contributed by atoms with van der Waals surface area (Å²) in [6.45, 7) is 9.49. The summed E-state index contributed by atoms with van der Waals surface area (Å²) in [6.07, 6.45) is 0. The van der Waals surface area contributed by atoms with Gasteiger partial charge >= 0.3 is 0 Å². The molecule has 1 rings (SSSR count). The van der Waals surface area contributed by atoms with Gasteiger partial charge in [0.1, 0.15) is 0 Å². The molecule has 0 aliphatic carbocycles. The van der Waals surface area contributed by atoms with E-state index >= 15 is 0 Å². The van der Waals surface area contributed by atoms with Gasteiger partial charge in [0.15, 0.2) is 17.3 Å². The van der Waals surface area contributed by atoms with Gasteiger partial charge in [-0.2, -0.15) is 0 Å². The summed E-state index contributed by atoms with van der Waals surface area (Å²) in [7, 11) is 4.55. The summed E-state index contributed by atoms with van der Waals surface area (Å²) in [4.78, 5) is 11.2. The maximum atomic E-state index is 11.2. The molecule has 0 radical (unpaired) electrons. The average Bonchev–Trinajstić information content (AvgIpc) is 2.49. The highest BCUT2D eigenvalue weighted by atomic mass is 16.5. The van der Waals surface area contributed by atoms with Crippen LogP contribution in [0.3, 0.4) is 0 Å². The van der Waals surface area contributed by atoms with E-state index in [2.05, 4.69) is 0 Å². The first-order valence-corrected chi connectivity index (χ1v) is 6.45. The maximum absolute atomic E-state index is 11.2. The van der Waals surface area contributed by atoms with E-state index in [0.29, 0.717) is 22.8 Å². The minimum absolute atomic E-state index is 0.0470. The van der Waals surface area contributed by atoms with E-state index in [0.717, 1.165) is 0 Å². The maximum Gasteiger partial charge on any atom is 0.203 e. The van der Waals surface area contributed by atoms with Crippen molar-refractivity contribution in [3.63, 3.8) is 0 Å². The predicted octanol–water partition coefficient (Wildman–Crippen LogP) is 3.97. The van der Waals surface area contributed by atoms with Crippen LogP contribution in [-0.4, -0.2) is 27.1 Å². The van der Waals surface area contributed by atoms with Crippen LogP contribution in [0.25, 0.3) is 0 Å². The fourth-order valence-electron chi connectivity index (χ4n) is 1.28. The molecule has 0 saturated heterocycles. The van der Waals surface area contributed by atoms with Crippen molar-refractivity contribution in [2.45, 2.75) is 34.6 Å². The Kier molecular flexibility index (Phi) is 11.8. The van der Waals surface area contributed by atoms with Crippen molar-refractivity contribution in [2.75, 3.05) is 21.3 Å². The first kappa shape index (κ1) is 19.6. The molecule has 0 aromatic heterocycles. The molecule has 0 atom stereocenters. The van der Waals surface area contributed by atoms with E-state index in [4.69, 9.17) is 14.2 Å². The minimum Gasteiger partial charge on any atom is -0.493 e. The van der Waals surface area contributed by atoms with Crippen molar-refractivity contribution in [3.05, 3.63) is 17.7 Å². The third-order valence-corrected chi connectivity index (χ3v) is 2.07. The standard InChI is InChI=1S/C11H14O4.2C2H6/c1-7(12)8-5-9(13-2)11(15-4)10(6-8)14-3;2*1-2/h5-6H,1-4H3;2*1-2H3. The average molecular weight is 270 g/mol. The van der Waals surface area contributed by atoms with Crippen LogP contribution in [0.15, 0.2) is 12.1 Å². The van der Waals surface area contributed by atoms with Crippen molar-refractivity contribution in [1.82, 2.24) is 0 Å². The third kappa shape index (κ3) is 5.64. The van der Waals surface area contributed by atoms with E-state index in [-0.39, 0.29) is 5.78 Å². The number of ketones is 1. The lowest BCUT2D eigenvalue weighted by Crippen LogP contribution is -1.99. The number of ether oxygens (including phenoxy) is 3. The second-order valence-corrected chi connectivity index (χ2v) is 2.97. The van der Waals surface area contributed by atoms with E-state index in [1.54, 1.807) is 12.1 Å². The fourth-order valence-corrected chi connectivity index (χ4v) is 1.28. The molecular formula is C15H26O4. The molecule has 1 aromatic rings. The summed E-state index contributed by atoms with van der Waals surface area (Å²) in [5.41, 5.74) is 0.532. The molecule has 19 heavy (non-hydrogen) atoms. The second-order valence-electron chi connectivity index (χ2n) is 2.97. The zero-order valence-electron chi connectivity index (χ0n) is 13.3. The molecule has 110 valence electrons. The summed E-state index contributed by atoms with van der Waals surface area (Å²) >= 11 is 0. The zero-order chi connectivity index (χ0) is 15.4. The Balaban J connectivity index is 0. The molecule has 0 saturated carbocycles. The Labute approximate surface area is 116 Å². The molecule has 0 bridgehead atoms. The third-order valence-electron chi connectivity index (χ3n) is 2.07. The van der Waals surface area contributed by atoms with Crippen molar-refractivity contribution in [3.8, 4) is 17.2 Å². The van der Waals surface area contributed by atoms with Crippen LogP contribution in [0, 0.1) is 0 Å². The molecular weight excluding hydrogens is 244 g/mol. The number of hydrogen-bond acceptors (Lipinski definition) is 4. The molecule has 1 aromatic carbocycles. The Morgan fingerprint density at radius 2 is 1.21 bits per heavy atom. The largest absolute Gasteiger partial charge is 0.493 e. The summed E-state index contributed by atoms with van der Waals surface area (Å²) in [6, 6.07) is 3.26. The van der Waals surface area contributed by atoms with E-state index in [1.807, 2.05) is 27.7 Å². The lowest BCUT2D eigenvalue weighted by atomic mass is 10.1. The second kappa shape index (κ2) is 11.4. The monoisotopic (exact) mass is 270 g/mol. The molecule has 4 heteroatoms. The summed E-state index contributed by atoms with van der Waals surface area (Å²) < 4.78 is 15.4. The van der Waals surface area contributed by atoms with Gasteiger partial charge in [0.2, 0.25) is 5.75 Å². The smallest absolute Gasteiger partial charge is 0.203 e. The van der Waals surface area contributed by atoms with Gasteiger partial charge in [-0.25, -0.2) is 0 Å². The first-order chi connectivity index (χ1) is 9.13. The molecule has 0 aliphatic heterocycles. The SMILES string of the molecule is CC.CC.COc1cc(C(C)=O)cc(OC)c1OC. The van der Waals surface area contributed by atoms with Gasteiger partial charge in [-0.3, -0.25) is 4.79 Å². The number of hydrogen-bond donors (Lipinski definition) is 0. The first-order valence-electron chi connectivity index (χ1n) is 6.45. The fraction of sp³-hybridized carbons (Fsp3) is 0.533. The molecule has 0 amide bonds. The Bertz CT molecular complexity index is 347. The van der Waals surface area contributed by atoms with Crippen LogP contribution >= 0.6 is 0 Å². The number of rotatable bonds is 4. The Hall–Kier alpha value is -1.71. The molecule has 0 aliphatic rings. The molecule has 0 fully saturated rings. The highest BCUT2D eigenvalue weighted by Crippen LogP contribution is 2.38. The predicted molar refractivity (Wildman–Crippen MR) is 78.8 cm³/mol. The highest BCUT2D eigenvalue weighted by molar-refractivity contribution is 5.95. The van der Waals surface area contributed by atoms with Crippen LogP contribution in [0.2, 0.25) is 0 Å². The zero-order valence-corrected chi connectivity index (χ0v) is 13.3. The van der Waals surface area contributed by atoms with Crippen molar-refractivity contribution < 1.29 is 19.0 Å². The number of benzene rings is 1. The van der Waals surface area contributed by atoms with Gasteiger partial charge in [0.25, 0.3) is 0 Å². The molecule has 0 N–H and O–H groups in total. The van der Waals surface area contributed by atoms with Gasteiger partial charge in [-0.1, -0.05) is 27.7 Å². The minimum atomic E-state index is -0.0470. The van der Waals surface area contributed by atoms with Crippen LogP contribution in [-0.2, 0) is 0 Å². The van der Waals surface area contributed by atoms with Gasteiger partial charge in [0, 0.05) is 5.56 Å². The van der Waals surface area contributed by atoms with Gasteiger partial charge in [0.05, 0.1) is 21.3 Å². The van der Waals surface area contributed by atoms with Crippen molar-refractivity contribution >= 4 is 5.78 Å². The topological polar surface area (TPSA) is 44.8 Å². The highest BCUT2D eigenvalue weighted by Gasteiger charge is 2.14. The number of carbonyl (C=O) groups is 1.